The Bertz CT molecular complexity index is 1080. The van der Waals surface area contributed by atoms with Crippen LogP contribution >= 0.6 is 0 Å². The number of rotatable bonds is 5. The molecule has 1 aliphatic carbocycles. The van der Waals surface area contributed by atoms with Crippen molar-refractivity contribution in [2.45, 2.75) is 53.1 Å². The van der Waals surface area contributed by atoms with E-state index in [1.54, 1.807) is 36.2 Å². The van der Waals surface area contributed by atoms with Gasteiger partial charge in [-0.1, -0.05) is 26.0 Å². The van der Waals surface area contributed by atoms with Gasteiger partial charge < -0.3 is 15.2 Å². The van der Waals surface area contributed by atoms with E-state index in [2.05, 4.69) is 10.3 Å². The second kappa shape index (κ2) is 8.49. The average molecular weight is 424 g/mol. The molecule has 2 N–H and O–H groups in total. The molecule has 0 saturated carbocycles. The Morgan fingerprint density at radius 1 is 1.13 bits per heavy atom. The fourth-order valence-corrected chi connectivity index (χ4v) is 3.68. The number of carbonyl (C=O) groups is 3. The molecule has 0 spiro atoms. The van der Waals surface area contributed by atoms with Crippen LogP contribution in [0.1, 0.15) is 76.4 Å². The molecular formula is C24H29N3O4. The number of ketones is 1. The molecular weight excluding hydrogens is 394 g/mol. The summed E-state index contributed by atoms with van der Waals surface area (Å²) in [4.78, 5) is 54.2. The second-order valence-electron chi connectivity index (χ2n) is 9.23. The molecule has 1 aromatic heterocycles. The van der Waals surface area contributed by atoms with Crippen LogP contribution in [-0.4, -0.2) is 40.6 Å². The molecule has 0 bridgehead atoms. The van der Waals surface area contributed by atoms with E-state index in [1.807, 2.05) is 27.7 Å². The van der Waals surface area contributed by atoms with Crippen LogP contribution in [-0.2, 0) is 13.0 Å². The minimum atomic E-state index is -0.540. The Kier molecular flexibility index (Phi) is 6.15. The Morgan fingerprint density at radius 3 is 2.39 bits per heavy atom. The number of carbonyl (C=O) groups excluding carboxylic acids is 3. The van der Waals surface area contributed by atoms with Gasteiger partial charge in [-0.2, -0.15) is 0 Å². The largest absolute Gasteiger partial charge is 0.348 e. The molecule has 0 radical (unpaired) electrons. The van der Waals surface area contributed by atoms with Gasteiger partial charge in [0.1, 0.15) is 5.56 Å². The highest BCUT2D eigenvalue weighted by Gasteiger charge is 2.32. The number of H-pyrrole nitrogens is 1. The molecule has 0 aliphatic heterocycles. The lowest BCUT2D eigenvalue weighted by Crippen LogP contribution is -2.34. The van der Waals surface area contributed by atoms with E-state index in [0.29, 0.717) is 29.7 Å². The monoisotopic (exact) mass is 423 g/mol. The van der Waals surface area contributed by atoms with Crippen LogP contribution < -0.4 is 10.9 Å². The number of nitrogens with zero attached hydrogens (tertiary/aromatic N) is 1. The topological polar surface area (TPSA) is 99.3 Å². The molecule has 2 aromatic rings. The van der Waals surface area contributed by atoms with Gasteiger partial charge >= 0.3 is 0 Å². The molecule has 164 valence electrons. The van der Waals surface area contributed by atoms with Crippen LogP contribution in [0.5, 0.6) is 0 Å². The third-order valence-corrected chi connectivity index (χ3v) is 5.71. The van der Waals surface area contributed by atoms with E-state index in [0.717, 1.165) is 5.56 Å². The number of aromatic nitrogens is 1. The van der Waals surface area contributed by atoms with Gasteiger partial charge in [0.15, 0.2) is 5.78 Å². The summed E-state index contributed by atoms with van der Waals surface area (Å²) in [7, 11) is 1.75. The van der Waals surface area contributed by atoms with Gasteiger partial charge in [-0.25, -0.2) is 0 Å². The lowest BCUT2D eigenvalue weighted by atomic mass is 9.75. The highest BCUT2D eigenvalue weighted by molar-refractivity contribution is 6.02. The zero-order valence-corrected chi connectivity index (χ0v) is 18.7. The van der Waals surface area contributed by atoms with Gasteiger partial charge in [0, 0.05) is 42.9 Å². The van der Waals surface area contributed by atoms with Gasteiger partial charge in [-0.15, -0.1) is 0 Å². The first-order chi connectivity index (χ1) is 14.5. The van der Waals surface area contributed by atoms with Gasteiger partial charge in [-0.05, 0) is 49.4 Å². The molecule has 0 fully saturated rings. The van der Waals surface area contributed by atoms with Crippen molar-refractivity contribution in [3.05, 3.63) is 68.6 Å². The molecule has 1 aromatic carbocycles. The minimum absolute atomic E-state index is 0.0665. The summed E-state index contributed by atoms with van der Waals surface area (Å²) >= 11 is 0. The molecule has 3 rings (SSSR count). The number of hydrogen-bond acceptors (Lipinski definition) is 4. The van der Waals surface area contributed by atoms with Crippen LogP contribution in [0.4, 0.5) is 0 Å². The molecule has 31 heavy (non-hydrogen) atoms. The van der Waals surface area contributed by atoms with Gasteiger partial charge in [0.2, 0.25) is 0 Å². The molecule has 1 heterocycles. The van der Waals surface area contributed by atoms with Crippen LogP contribution in [0.15, 0.2) is 35.1 Å². The SMILES string of the molecule is CC(C)N(C)C(=O)c1ccc(CNC(=O)c2cc3c([nH]c2=O)CC(C)(C)CC3=O)cc1. The van der Waals surface area contributed by atoms with Gasteiger partial charge in [-0.3, -0.25) is 19.2 Å². The maximum Gasteiger partial charge on any atom is 0.261 e. The van der Waals surface area contributed by atoms with Crippen molar-refractivity contribution >= 4 is 17.6 Å². The quantitative estimate of drug-likeness (QED) is 0.772. The summed E-state index contributed by atoms with van der Waals surface area (Å²) < 4.78 is 0. The third-order valence-electron chi connectivity index (χ3n) is 5.71. The van der Waals surface area contributed by atoms with Crippen LogP contribution in [0.2, 0.25) is 0 Å². The smallest absolute Gasteiger partial charge is 0.261 e. The molecule has 0 unspecified atom stereocenters. The highest BCUT2D eigenvalue weighted by Crippen LogP contribution is 2.33. The van der Waals surface area contributed by atoms with Crippen LogP contribution in [0.3, 0.4) is 0 Å². The predicted molar refractivity (Wildman–Crippen MR) is 118 cm³/mol. The van der Waals surface area contributed by atoms with Crippen LogP contribution in [0, 0.1) is 5.41 Å². The number of Topliss-reactive ketones (excluding diaryl/α,β-unsaturated/α-hetero) is 1. The molecule has 1 aliphatic rings. The molecule has 2 amide bonds. The number of nitrogens with one attached hydrogen (secondary N) is 2. The lowest BCUT2D eigenvalue weighted by molar-refractivity contribution is 0.0754. The van der Waals surface area contributed by atoms with E-state index in [-0.39, 0.29) is 35.3 Å². The Balaban J connectivity index is 1.70. The molecule has 7 nitrogen and oxygen atoms in total. The van der Waals surface area contributed by atoms with Crippen molar-refractivity contribution in [3.8, 4) is 0 Å². The van der Waals surface area contributed by atoms with Crippen molar-refractivity contribution in [1.82, 2.24) is 15.2 Å². The van der Waals surface area contributed by atoms with Crippen molar-refractivity contribution in [2.75, 3.05) is 7.05 Å². The van der Waals surface area contributed by atoms with E-state index in [1.165, 1.54) is 6.07 Å². The number of fused-ring (bicyclic) bond motifs is 1. The predicted octanol–water partition coefficient (Wildman–Crippen LogP) is 2.94. The first-order valence-electron chi connectivity index (χ1n) is 10.4. The minimum Gasteiger partial charge on any atom is -0.348 e. The number of aromatic amines is 1. The summed E-state index contributed by atoms with van der Waals surface area (Å²) in [5.41, 5.74) is 1.59. The molecule has 7 heteroatoms. The third kappa shape index (κ3) is 4.93. The van der Waals surface area contributed by atoms with Crippen molar-refractivity contribution < 1.29 is 14.4 Å². The second-order valence-corrected chi connectivity index (χ2v) is 9.23. The summed E-state index contributed by atoms with van der Waals surface area (Å²) in [6.45, 7) is 8.04. The summed E-state index contributed by atoms with van der Waals surface area (Å²) in [5, 5.41) is 2.72. The normalized spacial score (nSPS) is 14.8. The number of hydrogen-bond donors (Lipinski definition) is 2. The zero-order valence-electron chi connectivity index (χ0n) is 18.7. The van der Waals surface area contributed by atoms with Crippen LogP contribution in [0.25, 0.3) is 0 Å². The number of pyridine rings is 1. The Morgan fingerprint density at radius 2 is 1.77 bits per heavy atom. The van der Waals surface area contributed by atoms with Gasteiger partial charge in [0.25, 0.3) is 17.4 Å². The fraction of sp³-hybridized carbons (Fsp3) is 0.417. The highest BCUT2D eigenvalue weighted by atomic mass is 16.2. The van der Waals surface area contributed by atoms with E-state index in [9.17, 15) is 19.2 Å². The van der Waals surface area contributed by atoms with Crippen molar-refractivity contribution in [2.24, 2.45) is 5.41 Å². The molecule has 0 saturated heterocycles. The fourth-order valence-electron chi connectivity index (χ4n) is 3.68. The number of benzene rings is 1. The molecule has 0 atom stereocenters. The summed E-state index contributed by atoms with van der Waals surface area (Å²) in [6, 6.07) is 8.47. The van der Waals surface area contributed by atoms with Crippen molar-refractivity contribution in [3.63, 3.8) is 0 Å². The first kappa shape index (κ1) is 22.5. The van der Waals surface area contributed by atoms with E-state index in [4.69, 9.17) is 0 Å². The van der Waals surface area contributed by atoms with Gasteiger partial charge in [0.05, 0.1) is 0 Å². The van der Waals surface area contributed by atoms with Crippen molar-refractivity contribution in [1.29, 1.82) is 0 Å². The Labute approximate surface area is 181 Å². The summed E-state index contributed by atoms with van der Waals surface area (Å²) in [6.07, 6.45) is 0.965. The maximum absolute atomic E-state index is 12.6. The average Bonchev–Trinajstić information content (AvgIpc) is 2.69. The van der Waals surface area contributed by atoms with E-state index < -0.39 is 11.5 Å². The van der Waals surface area contributed by atoms with E-state index >= 15 is 0 Å². The summed E-state index contributed by atoms with van der Waals surface area (Å²) in [5.74, 6) is -0.677. The maximum atomic E-state index is 12.6. The zero-order chi connectivity index (χ0) is 22.9. The first-order valence-corrected chi connectivity index (χ1v) is 10.4. The lowest BCUT2D eigenvalue weighted by Gasteiger charge is -2.29. The standard InChI is InChI=1S/C24H29N3O4/c1-14(2)27(5)23(31)16-8-6-15(7-9-16)13-25-21(29)18-10-17-19(26-22(18)30)11-24(3,4)12-20(17)28/h6-10,14H,11-13H2,1-5H3,(H,25,29)(H,26,30). The Hall–Kier alpha value is -3.22. The number of amides is 2.